The molecule has 35 heavy (non-hydrogen) atoms. The third kappa shape index (κ3) is 6.13. The molecule has 1 atom stereocenters. The lowest BCUT2D eigenvalue weighted by molar-refractivity contribution is -0.129. The predicted molar refractivity (Wildman–Crippen MR) is 128 cm³/mol. The van der Waals surface area contributed by atoms with Crippen LogP contribution in [-0.2, 0) is 9.53 Å². The lowest BCUT2D eigenvalue weighted by Crippen LogP contribution is -2.40. The first-order valence-corrected chi connectivity index (χ1v) is 11.0. The van der Waals surface area contributed by atoms with Gasteiger partial charge in [0, 0.05) is 20.2 Å². The Morgan fingerprint density at radius 2 is 1.80 bits per heavy atom. The molecule has 0 radical (unpaired) electrons. The highest BCUT2D eigenvalue weighted by molar-refractivity contribution is 6.35. The van der Waals surface area contributed by atoms with E-state index >= 15 is 0 Å². The van der Waals surface area contributed by atoms with Crippen LogP contribution in [0.25, 0.3) is 16.6 Å². The molecular weight excluding hydrogens is 482 g/mol. The number of carbonyl (C=O) groups is 2. The van der Waals surface area contributed by atoms with E-state index in [2.05, 4.69) is 10.3 Å². The van der Waals surface area contributed by atoms with Gasteiger partial charge in [-0.2, -0.15) is 0 Å². The van der Waals surface area contributed by atoms with Crippen LogP contribution in [0.4, 0.5) is 13.6 Å². The highest BCUT2D eigenvalue weighted by Gasteiger charge is 2.29. The van der Waals surface area contributed by atoms with Crippen molar-refractivity contribution >= 4 is 34.5 Å². The molecule has 0 aliphatic rings. The molecule has 1 N–H and O–H groups in total. The molecule has 3 rings (SSSR count). The Bertz CT molecular complexity index is 1330. The summed E-state index contributed by atoms with van der Waals surface area (Å²) in [4.78, 5) is 44.6. The number of nitrogens with one attached hydrogen (secondary N) is 1. The van der Waals surface area contributed by atoms with Gasteiger partial charge in [-0.25, -0.2) is 18.6 Å². The SMILES string of the molecule is CN(C)C(=O)C[C@H](NC(=O)OC(C)(C)C)c1nc2cccc(Cl)c2c(=O)n1-c1cc(F)cc(F)c1. The maximum Gasteiger partial charge on any atom is 0.408 e. The fourth-order valence-electron chi connectivity index (χ4n) is 3.37. The maximum atomic E-state index is 14.1. The molecule has 186 valence electrons. The summed E-state index contributed by atoms with van der Waals surface area (Å²) in [5.41, 5.74) is -1.59. The zero-order valence-corrected chi connectivity index (χ0v) is 20.6. The van der Waals surface area contributed by atoms with Gasteiger partial charge in [-0.05, 0) is 45.0 Å². The summed E-state index contributed by atoms with van der Waals surface area (Å²) >= 11 is 6.25. The number of halogens is 3. The van der Waals surface area contributed by atoms with E-state index in [9.17, 15) is 23.2 Å². The van der Waals surface area contributed by atoms with Crippen LogP contribution < -0.4 is 10.9 Å². The second-order valence-electron chi connectivity index (χ2n) is 9.06. The molecule has 0 aliphatic heterocycles. The highest BCUT2D eigenvalue weighted by atomic mass is 35.5. The lowest BCUT2D eigenvalue weighted by atomic mass is 10.1. The van der Waals surface area contributed by atoms with E-state index in [-0.39, 0.29) is 33.9 Å². The van der Waals surface area contributed by atoms with Crippen LogP contribution in [0.5, 0.6) is 0 Å². The largest absolute Gasteiger partial charge is 0.444 e. The third-order valence-corrected chi connectivity index (χ3v) is 5.17. The molecule has 3 aromatic rings. The number of benzene rings is 2. The Morgan fingerprint density at radius 3 is 2.37 bits per heavy atom. The number of amides is 2. The first-order chi connectivity index (χ1) is 16.3. The van der Waals surface area contributed by atoms with E-state index in [1.54, 1.807) is 26.8 Å². The molecular formula is C24H25ClF2N4O4. The van der Waals surface area contributed by atoms with Crippen LogP contribution >= 0.6 is 11.6 Å². The number of alkyl carbamates (subject to hydrolysis) is 1. The van der Waals surface area contributed by atoms with Crippen molar-refractivity contribution in [1.29, 1.82) is 0 Å². The highest BCUT2D eigenvalue weighted by Crippen LogP contribution is 2.25. The van der Waals surface area contributed by atoms with Gasteiger partial charge in [-0.15, -0.1) is 0 Å². The fraction of sp³-hybridized carbons (Fsp3) is 0.333. The summed E-state index contributed by atoms with van der Waals surface area (Å²) in [7, 11) is 3.05. The van der Waals surface area contributed by atoms with Crippen LogP contribution in [0.1, 0.15) is 39.1 Å². The molecule has 0 fully saturated rings. The van der Waals surface area contributed by atoms with Gasteiger partial charge in [0.15, 0.2) is 0 Å². The zero-order chi connectivity index (χ0) is 26.1. The van der Waals surface area contributed by atoms with Crippen molar-refractivity contribution in [3.05, 3.63) is 69.2 Å². The molecule has 0 spiro atoms. The summed E-state index contributed by atoms with van der Waals surface area (Å²) < 4.78 is 34.5. The summed E-state index contributed by atoms with van der Waals surface area (Å²) in [6.07, 6.45) is -1.19. The molecule has 0 saturated heterocycles. The number of carbonyl (C=O) groups excluding carboxylic acids is 2. The molecule has 0 aliphatic carbocycles. The van der Waals surface area contributed by atoms with E-state index in [0.717, 1.165) is 16.7 Å². The Morgan fingerprint density at radius 1 is 1.17 bits per heavy atom. The first kappa shape index (κ1) is 26.1. The average molecular weight is 507 g/mol. The Kier molecular flexibility index (Phi) is 7.44. The second-order valence-corrected chi connectivity index (χ2v) is 9.47. The third-order valence-electron chi connectivity index (χ3n) is 4.86. The van der Waals surface area contributed by atoms with E-state index in [1.165, 1.54) is 31.1 Å². The van der Waals surface area contributed by atoms with Gasteiger partial charge in [-0.1, -0.05) is 17.7 Å². The maximum absolute atomic E-state index is 14.1. The van der Waals surface area contributed by atoms with Crippen LogP contribution in [0, 0.1) is 11.6 Å². The normalized spacial score (nSPS) is 12.3. The van der Waals surface area contributed by atoms with E-state index in [4.69, 9.17) is 16.3 Å². The first-order valence-electron chi connectivity index (χ1n) is 10.6. The van der Waals surface area contributed by atoms with E-state index in [0.29, 0.717) is 6.07 Å². The number of fused-ring (bicyclic) bond motifs is 1. The Labute approximate surface area is 205 Å². The summed E-state index contributed by atoms with van der Waals surface area (Å²) in [5.74, 6) is -2.39. The van der Waals surface area contributed by atoms with Gasteiger partial charge >= 0.3 is 6.09 Å². The van der Waals surface area contributed by atoms with Crippen LogP contribution in [-0.4, -0.2) is 46.1 Å². The minimum Gasteiger partial charge on any atom is -0.444 e. The van der Waals surface area contributed by atoms with Gasteiger partial charge in [0.1, 0.15) is 23.1 Å². The van der Waals surface area contributed by atoms with Crippen molar-refractivity contribution in [2.75, 3.05) is 14.1 Å². The smallest absolute Gasteiger partial charge is 0.408 e. The molecule has 2 amide bonds. The summed E-state index contributed by atoms with van der Waals surface area (Å²) in [6.45, 7) is 4.98. The van der Waals surface area contributed by atoms with E-state index < -0.39 is 40.8 Å². The van der Waals surface area contributed by atoms with Crippen LogP contribution in [0.2, 0.25) is 5.02 Å². The Hall–Kier alpha value is -3.53. The molecule has 0 bridgehead atoms. The van der Waals surface area contributed by atoms with Crippen molar-refractivity contribution in [2.24, 2.45) is 0 Å². The van der Waals surface area contributed by atoms with Crippen LogP contribution in [0.15, 0.2) is 41.2 Å². The molecule has 0 saturated carbocycles. The van der Waals surface area contributed by atoms with Gasteiger partial charge in [-0.3, -0.25) is 14.2 Å². The van der Waals surface area contributed by atoms with Gasteiger partial charge in [0.2, 0.25) is 5.91 Å². The number of hydrogen-bond acceptors (Lipinski definition) is 5. The van der Waals surface area contributed by atoms with Crippen molar-refractivity contribution < 1.29 is 23.1 Å². The minimum atomic E-state index is -1.19. The molecule has 8 nitrogen and oxygen atoms in total. The number of nitrogens with zero attached hydrogens (tertiary/aromatic N) is 3. The molecule has 1 aromatic heterocycles. The zero-order valence-electron chi connectivity index (χ0n) is 19.9. The van der Waals surface area contributed by atoms with Crippen molar-refractivity contribution in [2.45, 2.75) is 38.8 Å². The number of aromatic nitrogens is 2. The standard InChI is InChI=1S/C24H25ClF2N4O4/c1-24(2,3)35-23(34)29-18(12-19(32)30(4)5)21-28-17-8-6-7-16(25)20(17)22(33)31(21)15-10-13(26)9-14(27)11-15/h6-11,18H,12H2,1-5H3,(H,29,34)/t18-/m0/s1. The number of hydrogen-bond donors (Lipinski definition) is 1. The monoisotopic (exact) mass is 506 g/mol. The summed E-state index contributed by atoms with van der Waals surface area (Å²) in [5, 5.41) is 2.66. The predicted octanol–water partition coefficient (Wildman–Crippen LogP) is 4.36. The van der Waals surface area contributed by atoms with E-state index in [1.807, 2.05) is 0 Å². The molecule has 1 heterocycles. The van der Waals surface area contributed by atoms with Gasteiger partial charge in [0.05, 0.1) is 34.1 Å². The van der Waals surface area contributed by atoms with Crippen LogP contribution in [0.3, 0.4) is 0 Å². The van der Waals surface area contributed by atoms with Crippen molar-refractivity contribution in [1.82, 2.24) is 19.8 Å². The summed E-state index contributed by atoms with van der Waals surface area (Å²) in [6, 6.07) is 5.93. The molecule has 11 heteroatoms. The van der Waals surface area contributed by atoms with Crippen molar-refractivity contribution in [3.63, 3.8) is 0 Å². The second kappa shape index (κ2) is 9.99. The van der Waals surface area contributed by atoms with Crippen molar-refractivity contribution in [3.8, 4) is 5.69 Å². The average Bonchev–Trinajstić information content (AvgIpc) is 2.70. The number of rotatable bonds is 5. The topological polar surface area (TPSA) is 93.5 Å². The molecule has 2 aromatic carbocycles. The quantitative estimate of drug-likeness (QED) is 0.555. The fourth-order valence-corrected chi connectivity index (χ4v) is 3.62. The Balaban J connectivity index is 2.31. The molecule has 0 unspecified atom stereocenters. The van der Waals surface area contributed by atoms with Gasteiger partial charge in [0.25, 0.3) is 5.56 Å². The van der Waals surface area contributed by atoms with Gasteiger partial charge < -0.3 is 15.0 Å². The minimum absolute atomic E-state index is 0.0116. The lowest BCUT2D eigenvalue weighted by Gasteiger charge is -2.26. The number of ether oxygens (including phenoxy) is 1.